The molecule has 0 spiro atoms. The van der Waals surface area contributed by atoms with Crippen molar-refractivity contribution < 1.29 is 0 Å². The highest BCUT2D eigenvalue weighted by atomic mass is 15.0. The van der Waals surface area contributed by atoms with Crippen molar-refractivity contribution in [3.63, 3.8) is 0 Å². The first kappa shape index (κ1) is 8.26. The van der Waals surface area contributed by atoms with Crippen LogP contribution in [0.4, 0.5) is 0 Å². The van der Waals surface area contributed by atoms with Crippen LogP contribution in [0.15, 0.2) is 24.5 Å². The molecule has 0 atom stereocenters. The van der Waals surface area contributed by atoms with Gasteiger partial charge in [0.1, 0.15) is 5.82 Å². The van der Waals surface area contributed by atoms with Crippen LogP contribution in [0.25, 0.3) is 5.52 Å². The summed E-state index contributed by atoms with van der Waals surface area (Å²) in [6.45, 7) is 2.67. The van der Waals surface area contributed by atoms with E-state index in [0.717, 1.165) is 23.3 Å². The van der Waals surface area contributed by atoms with Gasteiger partial charge in [-0.2, -0.15) is 0 Å². The summed E-state index contributed by atoms with van der Waals surface area (Å²) in [5.74, 6) is 1.09. The molecule has 2 aromatic heterocycles. The minimum absolute atomic E-state index is 0.569. The summed E-state index contributed by atoms with van der Waals surface area (Å²) in [6, 6.07) is 4.05. The predicted octanol–water partition coefficient (Wildman–Crippen LogP) is 1.36. The third-order valence-corrected chi connectivity index (χ3v) is 2.27. The van der Waals surface area contributed by atoms with Crippen LogP contribution in [0.1, 0.15) is 18.3 Å². The lowest BCUT2D eigenvalue weighted by Crippen LogP contribution is -2.00. The molecule has 0 aliphatic heterocycles. The molecule has 3 nitrogen and oxygen atoms in total. The van der Waals surface area contributed by atoms with Crippen LogP contribution in [0, 0.1) is 0 Å². The minimum Gasteiger partial charge on any atom is -0.326 e. The van der Waals surface area contributed by atoms with Gasteiger partial charge in [0.05, 0.1) is 11.7 Å². The van der Waals surface area contributed by atoms with E-state index in [1.807, 2.05) is 24.5 Å². The van der Waals surface area contributed by atoms with Crippen LogP contribution in [-0.4, -0.2) is 9.38 Å². The Morgan fingerprint density at radius 2 is 2.38 bits per heavy atom. The van der Waals surface area contributed by atoms with Crippen molar-refractivity contribution in [3.05, 3.63) is 35.9 Å². The fourth-order valence-corrected chi connectivity index (χ4v) is 1.57. The van der Waals surface area contributed by atoms with Crippen molar-refractivity contribution in [1.29, 1.82) is 0 Å². The van der Waals surface area contributed by atoms with E-state index in [9.17, 15) is 0 Å². The zero-order valence-corrected chi connectivity index (χ0v) is 7.70. The molecule has 2 heterocycles. The van der Waals surface area contributed by atoms with Crippen molar-refractivity contribution in [1.82, 2.24) is 9.38 Å². The number of nitrogens with zero attached hydrogens (tertiary/aromatic N) is 2. The third kappa shape index (κ3) is 1.21. The molecule has 3 heteroatoms. The Morgan fingerprint density at radius 3 is 3.08 bits per heavy atom. The predicted molar refractivity (Wildman–Crippen MR) is 52.5 cm³/mol. The molecule has 0 unspecified atom stereocenters. The van der Waals surface area contributed by atoms with E-state index in [1.165, 1.54) is 0 Å². The molecule has 0 aliphatic carbocycles. The molecular weight excluding hydrogens is 162 g/mol. The number of hydrogen-bond acceptors (Lipinski definition) is 2. The second kappa shape index (κ2) is 3.18. The molecule has 0 bridgehead atoms. The molecular formula is C10H13N3. The van der Waals surface area contributed by atoms with Crippen LogP contribution in [0.3, 0.4) is 0 Å². The van der Waals surface area contributed by atoms with Gasteiger partial charge in [-0.3, -0.25) is 0 Å². The van der Waals surface area contributed by atoms with E-state index in [-0.39, 0.29) is 0 Å². The lowest BCUT2D eigenvalue weighted by atomic mass is 10.2. The number of hydrogen-bond donors (Lipinski definition) is 1. The maximum Gasteiger partial charge on any atom is 0.112 e. The van der Waals surface area contributed by atoms with Crippen molar-refractivity contribution >= 4 is 5.52 Å². The SMILES string of the molecule is CCc1ncc2c(CN)cccn12. The molecule has 2 aromatic rings. The molecule has 0 radical (unpaired) electrons. The van der Waals surface area contributed by atoms with Gasteiger partial charge < -0.3 is 10.1 Å². The second-order valence-corrected chi connectivity index (χ2v) is 3.02. The average Bonchev–Trinajstić information content (AvgIpc) is 2.60. The van der Waals surface area contributed by atoms with Crippen molar-refractivity contribution in [3.8, 4) is 0 Å². The maximum absolute atomic E-state index is 5.63. The molecule has 0 saturated heterocycles. The Morgan fingerprint density at radius 1 is 1.54 bits per heavy atom. The number of fused-ring (bicyclic) bond motifs is 1. The molecule has 0 saturated carbocycles. The Bertz CT molecular complexity index is 417. The normalized spacial score (nSPS) is 10.9. The van der Waals surface area contributed by atoms with Gasteiger partial charge in [-0.1, -0.05) is 13.0 Å². The van der Waals surface area contributed by atoms with E-state index in [0.29, 0.717) is 6.54 Å². The van der Waals surface area contributed by atoms with E-state index in [1.54, 1.807) is 0 Å². The smallest absolute Gasteiger partial charge is 0.112 e. The fraction of sp³-hybridized carbons (Fsp3) is 0.300. The number of aryl methyl sites for hydroxylation is 1. The summed E-state index contributed by atoms with van der Waals surface area (Å²) in [6.07, 6.45) is 4.86. The molecule has 0 amide bonds. The number of pyridine rings is 1. The van der Waals surface area contributed by atoms with E-state index in [2.05, 4.69) is 16.3 Å². The summed E-state index contributed by atoms with van der Waals surface area (Å²) in [5, 5.41) is 0. The van der Waals surface area contributed by atoms with Crippen molar-refractivity contribution in [2.75, 3.05) is 0 Å². The number of imidazole rings is 1. The van der Waals surface area contributed by atoms with Gasteiger partial charge in [0.2, 0.25) is 0 Å². The first-order chi connectivity index (χ1) is 6.36. The third-order valence-electron chi connectivity index (χ3n) is 2.27. The van der Waals surface area contributed by atoms with Crippen LogP contribution in [-0.2, 0) is 13.0 Å². The largest absolute Gasteiger partial charge is 0.326 e. The van der Waals surface area contributed by atoms with Crippen LogP contribution in [0.2, 0.25) is 0 Å². The van der Waals surface area contributed by atoms with Gasteiger partial charge >= 0.3 is 0 Å². The van der Waals surface area contributed by atoms with Gasteiger partial charge in [0, 0.05) is 19.2 Å². The van der Waals surface area contributed by atoms with Crippen molar-refractivity contribution in [2.24, 2.45) is 5.73 Å². The number of aromatic nitrogens is 2. The summed E-state index contributed by atoms with van der Waals surface area (Å²) >= 11 is 0. The second-order valence-electron chi connectivity index (χ2n) is 3.02. The zero-order valence-electron chi connectivity index (χ0n) is 7.70. The highest BCUT2D eigenvalue weighted by molar-refractivity contribution is 5.53. The summed E-state index contributed by atoms with van der Waals surface area (Å²) < 4.78 is 2.10. The first-order valence-corrected chi connectivity index (χ1v) is 4.50. The van der Waals surface area contributed by atoms with Crippen LogP contribution < -0.4 is 5.73 Å². The zero-order chi connectivity index (χ0) is 9.26. The quantitative estimate of drug-likeness (QED) is 0.748. The van der Waals surface area contributed by atoms with Gasteiger partial charge in [-0.25, -0.2) is 4.98 Å². The lowest BCUT2D eigenvalue weighted by Gasteiger charge is -2.01. The summed E-state index contributed by atoms with van der Waals surface area (Å²) in [7, 11) is 0. The maximum atomic E-state index is 5.63. The first-order valence-electron chi connectivity index (χ1n) is 4.50. The van der Waals surface area contributed by atoms with Crippen LogP contribution >= 0.6 is 0 Å². The highest BCUT2D eigenvalue weighted by Crippen LogP contribution is 2.12. The lowest BCUT2D eigenvalue weighted by molar-refractivity contribution is 0.926. The monoisotopic (exact) mass is 175 g/mol. The Balaban J connectivity index is 2.72. The van der Waals surface area contributed by atoms with E-state index >= 15 is 0 Å². The Labute approximate surface area is 77.2 Å². The van der Waals surface area contributed by atoms with Gasteiger partial charge in [-0.15, -0.1) is 0 Å². The topological polar surface area (TPSA) is 43.3 Å². The van der Waals surface area contributed by atoms with Gasteiger partial charge in [-0.05, 0) is 11.6 Å². The van der Waals surface area contributed by atoms with E-state index in [4.69, 9.17) is 5.73 Å². The highest BCUT2D eigenvalue weighted by Gasteiger charge is 2.03. The molecule has 0 aliphatic rings. The Kier molecular flexibility index (Phi) is 2.02. The van der Waals surface area contributed by atoms with Gasteiger partial charge in [0.15, 0.2) is 0 Å². The molecule has 0 fully saturated rings. The van der Waals surface area contributed by atoms with Crippen molar-refractivity contribution in [2.45, 2.75) is 19.9 Å². The average molecular weight is 175 g/mol. The minimum atomic E-state index is 0.569. The summed E-state index contributed by atoms with van der Waals surface area (Å²) in [5.41, 5.74) is 7.90. The number of rotatable bonds is 2. The molecule has 2 N–H and O–H groups in total. The molecule has 13 heavy (non-hydrogen) atoms. The fourth-order valence-electron chi connectivity index (χ4n) is 1.57. The molecule has 2 rings (SSSR count). The Hall–Kier alpha value is -1.35. The number of nitrogens with two attached hydrogens (primary N) is 1. The standard InChI is InChI=1S/C10H13N3/c1-2-10-12-7-9-8(6-11)4-3-5-13(9)10/h3-5,7H,2,6,11H2,1H3. The molecule has 0 aromatic carbocycles. The summed E-state index contributed by atoms with van der Waals surface area (Å²) in [4.78, 5) is 4.33. The van der Waals surface area contributed by atoms with Crippen LogP contribution in [0.5, 0.6) is 0 Å². The van der Waals surface area contributed by atoms with Gasteiger partial charge in [0.25, 0.3) is 0 Å². The van der Waals surface area contributed by atoms with E-state index < -0.39 is 0 Å². The molecule has 68 valence electrons.